The molecule has 0 aliphatic carbocycles. The van der Waals surface area contributed by atoms with Crippen LogP contribution in [-0.2, 0) is 17.8 Å². The summed E-state index contributed by atoms with van der Waals surface area (Å²) in [7, 11) is 0. The van der Waals surface area contributed by atoms with Gasteiger partial charge in [-0.2, -0.15) is 5.10 Å². The highest BCUT2D eigenvalue weighted by Crippen LogP contribution is 2.16. The van der Waals surface area contributed by atoms with Crippen LogP contribution in [0.3, 0.4) is 0 Å². The van der Waals surface area contributed by atoms with Gasteiger partial charge in [-0.1, -0.05) is 13.8 Å². The van der Waals surface area contributed by atoms with E-state index in [0.29, 0.717) is 0 Å². The van der Waals surface area contributed by atoms with Gasteiger partial charge in [0.1, 0.15) is 6.54 Å². The number of nitrogens with one attached hydrogen (secondary N) is 2. The monoisotopic (exact) mass is 278 g/mol. The smallest absolute Gasteiger partial charge is 0.269 e. The predicted molar refractivity (Wildman–Crippen MR) is 77.8 cm³/mol. The Morgan fingerprint density at radius 1 is 1.50 bits per heavy atom. The third-order valence-corrected chi connectivity index (χ3v) is 3.62. The molecule has 6 heteroatoms. The average molecular weight is 278 g/mol. The van der Waals surface area contributed by atoms with E-state index in [-0.39, 0.29) is 24.1 Å². The summed E-state index contributed by atoms with van der Waals surface area (Å²) in [5.41, 5.74) is 1.43. The van der Waals surface area contributed by atoms with Gasteiger partial charge in [0.2, 0.25) is 5.91 Å². The summed E-state index contributed by atoms with van der Waals surface area (Å²) in [6.07, 6.45) is 3.62. The first-order valence-electron chi connectivity index (χ1n) is 7.28. The number of hydrogen-bond acceptors (Lipinski definition) is 4. The molecule has 1 aliphatic heterocycles. The molecule has 20 heavy (non-hydrogen) atoms. The molecule has 1 aromatic heterocycles. The largest absolute Gasteiger partial charge is 0.383 e. The van der Waals surface area contributed by atoms with Crippen molar-refractivity contribution in [1.82, 2.24) is 15.1 Å². The van der Waals surface area contributed by atoms with Gasteiger partial charge in [-0.25, -0.2) is 4.68 Å². The molecule has 0 atom stereocenters. The maximum absolute atomic E-state index is 11.9. The van der Waals surface area contributed by atoms with Gasteiger partial charge in [-0.3, -0.25) is 9.59 Å². The molecule has 0 unspecified atom stereocenters. The number of rotatable bonds is 5. The Hall–Kier alpha value is -1.85. The van der Waals surface area contributed by atoms with Crippen LogP contribution in [0.2, 0.25) is 0 Å². The summed E-state index contributed by atoms with van der Waals surface area (Å²) in [6.45, 7) is 4.92. The molecule has 2 heterocycles. The fourth-order valence-electron chi connectivity index (χ4n) is 2.36. The van der Waals surface area contributed by atoms with E-state index in [1.54, 1.807) is 0 Å². The van der Waals surface area contributed by atoms with Crippen molar-refractivity contribution in [3.8, 4) is 0 Å². The minimum atomic E-state index is -0.238. The SMILES string of the molecule is CCC(CC)NC(=O)Cn1nc2c(cc1=O)NCCC2. The molecular weight excluding hydrogens is 256 g/mol. The number of carbonyl (C=O) groups excluding carboxylic acids is 1. The zero-order valence-electron chi connectivity index (χ0n) is 12.1. The van der Waals surface area contributed by atoms with E-state index in [4.69, 9.17) is 0 Å². The van der Waals surface area contributed by atoms with Gasteiger partial charge in [0.05, 0.1) is 11.4 Å². The second-order valence-corrected chi connectivity index (χ2v) is 5.11. The van der Waals surface area contributed by atoms with Crippen LogP contribution >= 0.6 is 0 Å². The van der Waals surface area contributed by atoms with Gasteiger partial charge >= 0.3 is 0 Å². The Kier molecular flexibility index (Phi) is 4.76. The van der Waals surface area contributed by atoms with Crippen LogP contribution in [0.15, 0.2) is 10.9 Å². The molecule has 110 valence electrons. The standard InChI is InChI=1S/C14H22N4O2/c1-3-10(4-2)16-13(19)9-18-14(20)8-12-11(17-18)6-5-7-15-12/h8,10,15H,3-7,9H2,1-2H3,(H,16,19). The summed E-state index contributed by atoms with van der Waals surface area (Å²) in [5, 5.41) is 10.4. The average Bonchev–Trinajstić information content (AvgIpc) is 2.45. The molecule has 0 bridgehead atoms. The zero-order valence-corrected chi connectivity index (χ0v) is 12.1. The van der Waals surface area contributed by atoms with Gasteiger partial charge in [0.25, 0.3) is 5.56 Å². The van der Waals surface area contributed by atoms with Gasteiger partial charge in [0.15, 0.2) is 0 Å². The van der Waals surface area contributed by atoms with Crippen molar-refractivity contribution in [3.05, 3.63) is 22.1 Å². The second kappa shape index (κ2) is 6.54. The van der Waals surface area contributed by atoms with Crippen LogP contribution in [0.4, 0.5) is 5.69 Å². The van der Waals surface area contributed by atoms with Crippen LogP contribution in [0.25, 0.3) is 0 Å². The molecular formula is C14H22N4O2. The van der Waals surface area contributed by atoms with E-state index in [0.717, 1.165) is 43.6 Å². The van der Waals surface area contributed by atoms with E-state index in [1.807, 2.05) is 13.8 Å². The van der Waals surface area contributed by atoms with E-state index in [9.17, 15) is 9.59 Å². The Morgan fingerprint density at radius 3 is 2.95 bits per heavy atom. The first kappa shape index (κ1) is 14.6. The summed E-state index contributed by atoms with van der Waals surface area (Å²) < 4.78 is 1.25. The highest BCUT2D eigenvalue weighted by molar-refractivity contribution is 5.75. The molecule has 0 spiro atoms. The lowest BCUT2D eigenvalue weighted by atomic mass is 10.1. The van der Waals surface area contributed by atoms with Gasteiger partial charge in [-0.05, 0) is 25.7 Å². The third kappa shape index (κ3) is 3.37. The van der Waals surface area contributed by atoms with Crippen molar-refractivity contribution in [3.63, 3.8) is 0 Å². The fourth-order valence-corrected chi connectivity index (χ4v) is 2.36. The van der Waals surface area contributed by atoms with Crippen LogP contribution in [0.5, 0.6) is 0 Å². The third-order valence-electron chi connectivity index (χ3n) is 3.62. The molecule has 0 aromatic carbocycles. The van der Waals surface area contributed by atoms with E-state index >= 15 is 0 Å². The van der Waals surface area contributed by atoms with Crippen LogP contribution in [0.1, 0.15) is 38.8 Å². The number of fused-ring (bicyclic) bond motifs is 1. The van der Waals surface area contributed by atoms with Crippen LogP contribution < -0.4 is 16.2 Å². The van der Waals surface area contributed by atoms with Crippen molar-refractivity contribution in [2.24, 2.45) is 0 Å². The number of aryl methyl sites for hydroxylation is 1. The number of nitrogens with zero attached hydrogens (tertiary/aromatic N) is 2. The maximum atomic E-state index is 11.9. The van der Waals surface area contributed by atoms with Crippen molar-refractivity contribution in [2.45, 2.75) is 52.1 Å². The molecule has 0 radical (unpaired) electrons. The molecule has 0 saturated carbocycles. The quantitative estimate of drug-likeness (QED) is 0.839. The highest BCUT2D eigenvalue weighted by Gasteiger charge is 2.15. The first-order chi connectivity index (χ1) is 9.63. The number of hydrogen-bond donors (Lipinski definition) is 2. The maximum Gasteiger partial charge on any atom is 0.269 e. The fraction of sp³-hybridized carbons (Fsp3) is 0.643. The van der Waals surface area contributed by atoms with Crippen LogP contribution in [-0.4, -0.2) is 28.3 Å². The summed E-state index contributed by atoms with van der Waals surface area (Å²) in [6, 6.07) is 1.70. The normalized spacial score (nSPS) is 13.8. The molecule has 1 amide bonds. The lowest BCUT2D eigenvalue weighted by Crippen LogP contribution is -2.39. The minimum absolute atomic E-state index is 0.0113. The highest BCUT2D eigenvalue weighted by atomic mass is 16.2. The molecule has 2 rings (SSSR count). The van der Waals surface area contributed by atoms with Gasteiger partial charge < -0.3 is 10.6 Å². The number of anilines is 1. The summed E-state index contributed by atoms with van der Waals surface area (Å²) in [5.74, 6) is -0.156. The van der Waals surface area contributed by atoms with E-state index < -0.39 is 0 Å². The van der Waals surface area contributed by atoms with Gasteiger partial charge in [-0.15, -0.1) is 0 Å². The lowest BCUT2D eigenvalue weighted by Gasteiger charge is -2.18. The van der Waals surface area contributed by atoms with Crippen molar-refractivity contribution in [2.75, 3.05) is 11.9 Å². The number of carbonyl (C=O) groups is 1. The molecule has 1 aliphatic rings. The Morgan fingerprint density at radius 2 is 2.25 bits per heavy atom. The number of aromatic nitrogens is 2. The molecule has 6 nitrogen and oxygen atoms in total. The van der Waals surface area contributed by atoms with E-state index in [2.05, 4.69) is 15.7 Å². The van der Waals surface area contributed by atoms with Gasteiger partial charge in [0, 0.05) is 18.7 Å². The molecule has 1 aromatic rings. The van der Waals surface area contributed by atoms with Crippen LogP contribution in [0, 0.1) is 0 Å². The number of amides is 1. The zero-order chi connectivity index (χ0) is 14.5. The van der Waals surface area contributed by atoms with Crippen molar-refractivity contribution in [1.29, 1.82) is 0 Å². The lowest BCUT2D eigenvalue weighted by molar-refractivity contribution is -0.122. The molecule has 0 fully saturated rings. The summed E-state index contributed by atoms with van der Waals surface area (Å²) >= 11 is 0. The Balaban J connectivity index is 2.09. The molecule has 2 N–H and O–H groups in total. The molecule has 0 saturated heterocycles. The minimum Gasteiger partial charge on any atom is -0.383 e. The topological polar surface area (TPSA) is 76.0 Å². The van der Waals surface area contributed by atoms with Crippen molar-refractivity contribution >= 4 is 11.6 Å². The second-order valence-electron chi connectivity index (χ2n) is 5.11. The first-order valence-corrected chi connectivity index (χ1v) is 7.28. The Bertz CT molecular complexity index is 534. The summed E-state index contributed by atoms with van der Waals surface area (Å²) in [4.78, 5) is 23.9. The Labute approximate surface area is 118 Å². The van der Waals surface area contributed by atoms with E-state index in [1.165, 1.54) is 10.7 Å². The van der Waals surface area contributed by atoms with Crippen molar-refractivity contribution < 1.29 is 4.79 Å². The predicted octanol–water partition coefficient (Wildman–Crippen LogP) is 0.906.